The zero-order valence-corrected chi connectivity index (χ0v) is 12.4. The summed E-state index contributed by atoms with van der Waals surface area (Å²) in [5.74, 6) is 0. The predicted molar refractivity (Wildman–Crippen MR) is 88.0 cm³/mol. The van der Waals surface area contributed by atoms with Crippen LogP contribution in [0.3, 0.4) is 0 Å². The van der Waals surface area contributed by atoms with E-state index >= 15 is 0 Å². The largest absolute Gasteiger partial charge is 0.292 e. The molecule has 1 aliphatic heterocycles. The van der Waals surface area contributed by atoms with Crippen molar-refractivity contribution < 1.29 is 0 Å². The number of pyridine rings is 1. The second kappa shape index (κ2) is 5.22. The van der Waals surface area contributed by atoms with Crippen LogP contribution in [0.5, 0.6) is 0 Å². The predicted octanol–water partition coefficient (Wildman–Crippen LogP) is 3.12. The molecule has 4 heteroatoms. The molecule has 3 heterocycles. The Kier molecular flexibility index (Phi) is 3.07. The lowest BCUT2D eigenvalue weighted by atomic mass is 9.91. The van der Waals surface area contributed by atoms with Crippen molar-refractivity contribution in [1.29, 1.82) is 0 Å². The third-order valence-electron chi connectivity index (χ3n) is 4.01. The Morgan fingerprint density at radius 2 is 1.91 bits per heavy atom. The van der Waals surface area contributed by atoms with Gasteiger partial charge in [-0.15, -0.1) is 0 Å². The number of nitrogens with zero attached hydrogens (tertiary/aromatic N) is 4. The van der Waals surface area contributed by atoms with Crippen LogP contribution in [-0.4, -0.2) is 27.5 Å². The number of benzene rings is 1. The van der Waals surface area contributed by atoms with Gasteiger partial charge in [0, 0.05) is 49.5 Å². The van der Waals surface area contributed by atoms with Gasteiger partial charge in [-0.25, -0.2) is 0 Å². The molecule has 0 bridgehead atoms. The Hall–Kier alpha value is -2.75. The number of aryl methyl sites for hydroxylation is 1. The number of aromatic nitrogens is 3. The molecule has 4 rings (SSSR count). The van der Waals surface area contributed by atoms with Gasteiger partial charge in [-0.05, 0) is 35.2 Å². The van der Waals surface area contributed by atoms with E-state index in [4.69, 9.17) is 0 Å². The molecule has 0 amide bonds. The minimum Gasteiger partial charge on any atom is -0.292 e. The third kappa shape index (κ3) is 2.13. The van der Waals surface area contributed by atoms with Gasteiger partial charge in [0.05, 0.1) is 0 Å². The Morgan fingerprint density at radius 3 is 2.77 bits per heavy atom. The summed E-state index contributed by atoms with van der Waals surface area (Å²) in [5.41, 5.74) is 7.09. The lowest BCUT2D eigenvalue weighted by molar-refractivity contribution is 0.771. The maximum absolute atomic E-state index is 4.66. The fraction of sp³-hybridized carbons (Fsp3) is 0.167. The standard InChI is InChI=1S/C18H16N4/c1-22-12-17(18(21-22)13-5-8-19-9-6-13)16-4-2-3-14-11-20-10-7-15(14)16/h2-6,8-9,11-12H,7,10H2,1H3. The topological polar surface area (TPSA) is 43.1 Å². The molecule has 4 nitrogen and oxygen atoms in total. The summed E-state index contributed by atoms with van der Waals surface area (Å²) >= 11 is 0. The summed E-state index contributed by atoms with van der Waals surface area (Å²) < 4.78 is 1.88. The van der Waals surface area contributed by atoms with Crippen molar-refractivity contribution >= 4 is 6.21 Å². The highest BCUT2D eigenvalue weighted by Crippen LogP contribution is 2.34. The Bertz CT molecular complexity index is 847. The first-order valence-electron chi connectivity index (χ1n) is 7.39. The molecule has 0 saturated heterocycles. The molecule has 0 saturated carbocycles. The highest BCUT2D eigenvalue weighted by Gasteiger charge is 2.17. The summed E-state index contributed by atoms with van der Waals surface area (Å²) in [4.78, 5) is 8.48. The summed E-state index contributed by atoms with van der Waals surface area (Å²) in [6.07, 6.45) is 8.66. The average molecular weight is 288 g/mol. The normalized spacial score (nSPS) is 13.1. The van der Waals surface area contributed by atoms with E-state index < -0.39 is 0 Å². The molecule has 1 aliphatic rings. The zero-order chi connectivity index (χ0) is 14.9. The molecule has 1 aromatic carbocycles. The molecule has 3 aromatic rings. The first kappa shape index (κ1) is 13.0. The summed E-state index contributed by atoms with van der Waals surface area (Å²) in [7, 11) is 1.96. The van der Waals surface area contributed by atoms with Crippen molar-refractivity contribution in [3.05, 3.63) is 60.0 Å². The van der Waals surface area contributed by atoms with Crippen LogP contribution in [0.4, 0.5) is 0 Å². The van der Waals surface area contributed by atoms with E-state index in [1.807, 2.05) is 30.1 Å². The summed E-state index contributed by atoms with van der Waals surface area (Å²) in [5, 5.41) is 4.66. The Balaban J connectivity index is 1.93. The third-order valence-corrected chi connectivity index (χ3v) is 4.01. The first-order chi connectivity index (χ1) is 10.8. The van der Waals surface area contributed by atoms with Crippen molar-refractivity contribution in [2.24, 2.45) is 12.0 Å². The lowest BCUT2D eigenvalue weighted by Crippen LogP contribution is -2.04. The van der Waals surface area contributed by atoms with E-state index in [2.05, 4.69) is 39.5 Å². The minimum absolute atomic E-state index is 0.856. The smallest absolute Gasteiger partial charge is 0.100 e. The molecule has 0 aliphatic carbocycles. The fourth-order valence-electron chi connectivity index (χ4n) is 3.00. The van der Waals surface area contributed by atoms with Gasteiger partial charge in [-0.3, -0.25) is 14.7 Å². The van der Waals surface area contributed by atoms with Crippen molar-refractivity contribution in [2.75, 3.05) is 6.54 Å². The highest BCUT2D eigenvalue weighted by atomic mass is 15.3. The molecule has 0 atom stereocenters. The fourth-order valence-corrected chi connectivity index (χ4v) is 3.00. The van der Waals surface area contributed by atoms with Gasteiger partial charge >= 0.3 is 0 Å². The van der Waals surface area contributed by atoms with Crippen LogP contribution in [0.1, 0.15) is 11.1 Å². The molecule has 0 N–H and O–H groups in total. The highest BCUT2D eigenvalue weighted by molar-refractivity contribution is 5.90. The van der Waals surface area contributed by atoms with E-state index in [0.29, 0.717) is 0 Å². The van der Waals surface area contributed by atoms with Crippen LogP contribution in [0, 0.1) is 0 Å². The van der Waals surface area contributed by atoms with Crippen molar-refractivity contribution in [3.63, 3.8) is 0 Å². The first-order valence-corrected chi connectivity index (χ1v) is 7.39. The lowest BCUT2D eigenvalue weighted by Gasteiger charge is -2.15. The molecule has 108 valence electrons. The van der Waals surface area contributed by atoms with Crippen molar-refractivity contribution in [1.82, 2.24) is 14.8 Å². The maximum Gasteiger partial charge on any atom is 0.100 e. The molecule has 0 radical (unpaired) electrons. The van der Waals surface area contributed by atoms with Gasteiger partial charge < -0.3 is 0 Å². The molecule has 22 heavy (non-hydrogen) atoms. The van der Waals surface area contributed by atoms with Crippen LogP contribution >= 0.6 is 0 Å². The van der Waals surface area contributed by atoms with Crippen LogP contribution < -0.4 is 0 Å². The van der Waals surface area contributed by atoms with E-state index in [-0.39, 0.29) is 0 Å². The monoisotopic (exact) mass is 288 g/mol. The van der Waals surface area contributed by atoms with Crippen LogP contribution in [0.25, 0.3) is 22.4 Å². The number of aliphatic imine (C=N–C) groups is 1. The SMILES string of the molecule is Cn1cc(-c2cccc3c2CCN=C3)c(-c2ccncc2)n1. The summed E-state index contributed by atoms with van der Waals surface area (Å²) in [6, 6.07) is 10.4. The second-order valence-electron chi connectivity index (χ2n) is 5.46. The number of hydrogen-bond donors (Lipinski definition) is 0. The molecular formula is C18H16N4. The molecular weight excluding hydrogens is 272 g/mol. The van der Waals surface area contributed by atoms with Crippen LogP contribution in [-0.2, 0) is 13.5 Å². The molecule has 0 unspecified atom stereocenters. The van der Waals surface area contributed by atoms with Crippen molar-refractivity contribution in [2.45, 2.75) is 6.42 Å². The van der Waals surface area contributed by atoms with E-state index in [1.54, 1.807) is 12.4 Å². The number of hydrogen-bond acceptors (Lipinski definition) is 3. The van der Waals surface area contributed by atoms with Gasteiger partial charge in [0.15, 0.2) is 0 Å². The average Bonchev–Trinajstić information content (AvgIpc) is 2.97. The van der Waals surface area contributed by atoms with E-state index in [9.17, 15) is 0 Å². The van der Waals surface area contributed by atoms with E-state index in [0.717, 1.165) is 24.2 Å². The van der Waals surface area contributed by atoms with Gasteiger partial charge in [-0.1, -0.05) is 18.2 Å². The van der Waals surface area contributed by atoms with Crippen LogP contribution in [0.15, 0.2) is 53.9 Å². The van der Waals surface area contributed by atoms with Gasteiger partial charge in [0.1, 0.15) is 5.69 Å². The molecule has 2 aromatic heterocycles. The van der Waals surface area contributed by atoms with Gasteiger partial charge in [-0.2, -0.15) is 5.10 Å². The summed E-state index contributed by atoms with van der Waals surface area (Å²) in [6.45, 7) is 0.856. The zero-order valence-electron chi connectivity index (χ0n) is 12.4. The Morgan fingerprint density at radius 1 is 1.05 bits per heavy atom. The number of fused-ring (bicyclic) bond motifs is 1. The van der Waals surface area contributed by atoms with Gasteiger partial charge in [0.2, 0.25) is 0 Å². The second-order valence-corrected chi connectivity index (χ2v) is 5.46. The van der Waals surface area contributed by atoms with Crippen molar-refractivity contribution in [3.8, 4) is 22.4 Å². The molecule has 0 fully saturated rings. The van der Waals surface area contributed by atoms with Crippen LogP contribution in [0.2, 0.25) is 0 Å². The van der Waals surface area contributed by atoms with E-state index in [1.165, 1.54) is 22.3 Å². The van der Waals surface area contributed by atoms with Gasteiger partial charge in [0.25, 0.3) is 0 Å². The minimum atomic E-state index is 0.856. The quantitative estimate of drug-likeness (QED) is 0.727. The number of rotatable bonds is 2. The Labute approximate surface area is 129 Å². The molecule has 0 spiro atoms. The maximum atomic E-state index is 4.66.